The van der Waals surface area contributed by atoms with Gasteiger partial charge in [-0.15, -0.1) is 0 Å². The number of urea groups is 1. The van der Waals surface area contributed by atoms with Gasteiger partial charge in [0, 0.05) is 18.3 Å². The molecule has 2 unspecified atom stereocenters. The number of hydrogen-bond acceptors (Lipinski definition) is 7. The molecule has 0 aliphatic carbocycles. The maximum absolute atomic E-state index is 13.1. The Morgan fingerprint density at radius 1 is 1.17 bits per heavy atom. The van der Waals surface area contributed by atoms with Crippen molar-refractivity contribution in [3.05, 3.63) is 83.6 Å². The largest absolute Gasteiger partial charge is 0.497 e. The lowest BCUT2D eigenvalue weighted by atomic mass is 9.94. The van der Waals surface area contributed by atoms with E-state index in [1.807, 2.05) is 43.4 Å². The Labute approximate surface area is 209 Å². The zero-order chi connectivity index (χ0) is 25.7. The third kappa shape index (κ3) is 5.38. The number of hydrogen-bond donors (Lipinski definition) is 2. The molecule has 2 N–H and O–H groups in total. The molecule has 10 nitrogen and oxygen atoms in total. The fourth-order valence-corrected chi connectivity index (χ4v) is 4.13. The Morgan fingerprint density at radius 2 is 1.89 bits per heavy atom. The molecule has 1 aliphatic rings. The number of esters is 1. The second-order valence-electron chi connectivity index (χ2n) is 8.44. The first-order chi connectivity index (χ1) is 17.4. The molecule has 10 heteroatoms. The quantitative estimate of drug-likeness (QED) is 0.444. The van der Waals surface area contributed by atoms with Crippen LogP contribution in [0, 0.1) is 0 Å². The second-order valence-corrected chi connectivity index (χ2v) is 8.44. The Bertz CT molecular complexity index is 1220. The van der Waals surface area contributed by atoms with E-state index in [1.165, 1.54) is 6.33 Å². The van der Waals surface area contributed by atoms with Crippen LogP contribution in [0.1, 0.15) is 37.1 Å². The molecule has 0 radical (unpaired) electrons. The van der Waals surface area contributed by atoms with Crippen LogP contribution in [0.3, 0.4) is 0 Å². The minimum absolute atomic E-state index is 0.00281. The number of nitrogens with zero attached hydrogens (tertiary/aromatic N) is 4. The molecule has 3 aromatic rings. The van der Waals surface area contributed by atoms with Crippen molar-refractivity contribution in [2.24, 2.45) is 0 Å². The molecular weight excluding hydrogens is 460 g/mol. The van der Waals surface area contributed by atoms with E-state index in [0.717, 1.165) is 16.8 Å². The maximum atomic E-state index is 13.1. The predicted octanol–water partition coefficient (Wildman–Crippen LogP) is 3.14. The SMILES string of the molecule is CCOC(=O)C1=C(CN(C)C(C)c2ccc(-n3cncn3)cc2)NC(=O)NC1c1ccc(OC)cc1. The van der Waals surface area contributed by atoms with Gasteiger partial charge in [-0.1, -0.05) is 24.3 Å². The van der Waals surface area contributed by atoms with Gasteiger partial charge in [-0.25, -0.2) is 19.3 Å². The van der Waals surface area contributed by atoms with E-state index in [9.17, 15) is 9.59 Å². The molecule has 36 heavy (non-hydrogen) atoms. The molecule has 0 spiro atoms. The lowest BCUT2D eigenvalue weighted by Crippen LogP contribution is -2.48. The minimum atomic E-state index is -0.649. The highest BCUT2D eigenvalue weighted by atomic mass is 16.5. The fraction of sp³-hybridized carbons (Fsp3) is 0.308. The number of ether oxygens (including phenoxy) is 2. The Kier molecular flexibility index (Phi) is 7.65. The number of likely N-dealkylation sites (N-methyl/N-ethyl adjacent to an activating group) is 1. The summed E-state index contributed by atoms with van der Waals surface area (Å²) in [5, 5.41) is 9.85. The van der Waals surface area contributed by atoms with Gasteiger partial charge < -0.3 is 20.1 Å². The van der Waals surface area contributed by atoms with E-state index in [2.05, 4.69) is 32.5 Å². The first kappa shape index (κ1) is 24.9. The highest BCUT2D eigenvalue weighted by molar-refractivity contribution is 5.95. The van der Waals surface area contributed by atoms with E-state index in [0.29, 0.717) is 23.6 Å². The van der Waals surface area contributed by atoms with Crippen LogP contribution in [0.5, 0.6) is 5.75 Å². The maximum Gasteiger partial charge on any atom is 0.338 e. The third-order valence-corrected chi connectivity index (χ3v) is 6.23. The van der Waals surface area contributed by atoms with Crippen LogP contribution in [0.2, 0.25) is 0 Å². The number of aromatic nitrogens is 3. The van der Waals surface area contributed by atoms with E-state index in [4.69, 9.17) is 9.47 Å². The predicted molar refractivity (Wildman–Crippen MR) is 133 cm³/mol. The molecule has 2 aromatic carbocycles. The summed E-state index contributed by atoms with van der Waals surface area (Å²) in [7, 11) is 3.53. The van der Waals surface area contributed by atoms with Crippen molar-refractivity contribution in [2.75, 3.05) is 27.3 Å². The van der Waals surface area contributed by atoms with Crippen LogP contribution < -0.4 is 15.4 Å². The van der Waals surface area contributed by atoms with Crippen LogP contribution in [0.25, 0.3) is 5.69 Å². The molecule has 2 amide bonds. The van der Waals surface area contributed by atoms with Crippen LogP contribution in [-0.4, -0.2) is 59.0 Å². The van der Waals surface area contributed by atoms with Gasteiger partial charge in [-0.3, -0.25) is 4.90 Å². The first-order valence-corrected chi connectivity index (χ1v) is 11.7. The number of carbonyl (C=O) groups excluding carboxylic acids is 2. The topological polar surface area (TPSA) is 111 Å². The molecule has 2 heterocycles. The van der Waals surface area contributed by atoms with Gasteiger partial charge in [0.05, 0.1) is 31.0 Å². The summed E-state index contributed by atoms with van der Waals surface area (Å²) >= 11 is 0. The lowest BCUT2D eigenvalue weighted by molar-refractivity contribution is -0.139. The number of methoxy groups -OCH3 is 1. The summed E-state index contributed by atoms with van der Waals surface area (Å²) in [6.07, 6.45) is 3.14. The summed E-state index contributed by atoms with van der Waals surface area (Å²) in [6, 6.07) is 14.2. The highest BCUT2D eigenvalue weighted by Crippen LogP contribution is 2.30. The Morgan fingerprint density at radius 3 is 2.50 bits per heavy atom. The Hall–Kier alpha value is -4.18. The summed E-state index contributed by atoms with van der Waals surface area (Å²) in [6.45, 7) is 4.38. The van der Waals surface area contributed by atoms with Crippen LogP contribution in [-0.2, 0) is 9.53 Å². The van der Waals surface area contributed by atoms with E-state index in [1.54, 1.807) is 37.2 Å². The number of benzene rings is 2. The lowest BCUT2D eigenvalue weighted by Gasteiger charge is -2.33. The number of rotatable bonds is 9. The van der Waals surface area contributed by atoms with Crippen molar-refractivity contribution in [1.82, 2.24) is 30.3 Å². The van der Waals surface area contributed by atoms with E-state index < -0.39 is 12.0 Å². The molecule has 0 bridgehead atoms. The number of amides is 2. The van der Waals surface area contributed by atoms with Crippen LogP contribution in [0.15, 0.2) is 72.5 Å². The zero-order valence-electron chi connectivity index (χ0n) is 20.8. The van der Waals surface area contributed by atoms with Gasteiger partial charge in [0.2, 0.25) is 0 Å². The average molecular weight is 491 g/mol. The van der Waals surface area contributed by atoms with Crippen molar-refractivity contribution in [2.45, 2.75) is 25.9 Å². The second kappa shape index (κ2) is 11.0. The zero-order valence-corrected chi connectivity index (χ0v) is 20.8. The molecule has 0 saturated carbocycles. The molecule has 4 rings (SSSR count). The summed E-state index contributed by atoms with van der Waals surface area (Å²) < 4.78 is 12.3. The normalized spacial score (nSPS) is 16.4. The van der Waals surface area contributed by atoms with Crippen molar-refractivity contribution in [3.63, 3.8) is 0 Å². The smallest absolute Gasteiger partial charge is 0.338 e. The summed E-state index contributed by atoms with van der Waals surface area (Å²) in [4.78, 5) is 31.7. The minimum Gasteiger partial charge on any atom is -0.497 e. The molecule has 2 atom stereocenters. The van der Waals surface area contributed by atoms with Crippen LogP contribution >= 0.6 is 0 Å². The monoisotopic (exact) mass is 490 g/mol. The van der Waals surface area contributed by atoms with Crippen molar-refractivity contribution in [1.29, 1.82) is 0 Å². The van der Waals surface area contributed by atoms with Crippen molar-refractivity contribution < 1.29 is 19.1 Å². The number of nitrogens with one attached hydrogen (secondary N) is 2. The van der Waals surface area contributed by atoms with Gasteiger partial charge in [-0.2, -0.15) is 5.10 Å². The molecule has 0 saturated heterocycles. The van der Waals surface area contributed by atoms with Crippen molar-refractivity contribution in [3.8, 4) is 11.4 Å². The molecule has 1 aliphatic heterocycles. The third-order valence-electron chi connectivity index (χ3n) is 6.23. The molecule has 188 valence electrons. The highest BCUT2D eigenvalue weighted by Gasteiger charge is 2.34. The van der Waals surface area contributed by atoms with Crippen molar-refractivity contribution >= 4 is 12.0 Å². The van der Waals surface area contributed by atoms with E-state index in [-0.39, 0.29) is 18.7 Å². The molecular formula is C26H30N6O4. The molecule has 0 fully saturated rings. The summed E-state index contributed by atoms with van der Waals surface area (Å²) in [5.74, 6) is 0.211. The standard InChI is InChI=1S/C26H30N6O4/c1-5-36-25(33)23-22(29-26(34)30-24(23)19-8-12-21(35-4)13-9-19)14-31(3)17(2)18-6-10-20(11-7-18)32-16-27-15-28-32/h6-13,15-17,24H,5,14H2,1-4H3,(H2,29,30,34). The van der Waals surface area contributed by atoms with Gasteiger partial charge in [0.25, 0.3) is 0 Å². The number of carbonyl (C=O) groups is 2. The Balaban J connectivity index is 1.61. The molecule has 1 aromatic heterocycles. The van der Waals surface area contributed by atoms with Gasteiger partial charge in [0.15, 0.2) is 0 Å². The fourth-order valence-electron chi connectivity index (χ4n) is 4.13. The van der Waals surface area contributed by atoms with Gasteiger partial charge in [0.1, 0.15) is 18.4 Å². The van der Waals surface area contributed by atoms with E-state index >= 15 is 0 Å². The van der Waals surface area contributed by atoms with Gasteiger partial charge >= 0.3 is 12.0 Å². The summed E-state index contributed by atoms with van der Waals surface area (Å²) in [5.41, 5.74) is 3.62. The first-order valence-electron chi connectivity index (χ1n) is 11.7. The van der Waals surface area contributed by atoms with Crippen LogP contribution in [0.4, 0.5) is 4.79 Å². The average Bonchev–Trinajstić information content (AvgIpc) is 3.43. The van der Waals surface area contributed by atoms with Gasteiger partial charge in [-0.05, 0) is 56.3 Å².